The molecule has 23 heavy (non-hydrogen) atoms. The Balaban J connectivity index is 1.80. The van der Waals surface area contributed by atoms with Gasteiger partial charge < -0.3 is 5.32 Å². The third kappa shape index (κ3) is 5.47. The zero-order valence-corrected chi connectivity index (χ0v) is 14.7. The Morgan fingerprint density at radius 3 is 2.74 bits per heavy atom. The average Bonchev–Trinajstić information content (AvgIpc) is 2.51. The van der Waals surface area contributed by atoms with Crippen LogP contribution in [0.1, 0.15) is 45.1 Å². The summed E-state index contributed by atoms with van der Waals surface area (Å²) in [5.74, 6) is -0.00495. The van der Waals surface area contributed by atoms with Crippen LogP contribution in [0.5, 0.6) is 0 Å². The Morgan fingerprint density at radius 2 is 2.13 bits per heavy atom. The van der Waals surface area contributed by atoms with Gasteiger partial charge >= 0.3 is 0 Å². The maximum atomic E-state index is 13.9. The van der Waals surface area contributed by atoms with Gasteiger partial charge in [-0.25, -0.2) is 4.39 Å². The van der Waals surface area contributed by atoms with E-state index in [0.29, 0.717) is 17.1 Å². The van der Waals surface area contributed by atoms with Gasteiger partial charge in [-0.05, 0) is 51.4 Å². The maximum absolute atomic E-state index is 13.9. The van der Waals surface area contributed by atoms with Crippen molar-refractivity contribution < 1.29 is 9.18 Å². The summed E-state index contributed by atoms with van der Waals surface area (Å²) in [6.07, 6.45) is 3.76. The first-order valence-electron chi connectivity index (χ1n) is 8.46. The van der Waals surface area contributed by atoms with Gasteiger partial charge in [-0.15, -0.1) is 0 Å². The van der Waals surface area contributed by atoms with Crippen LogP contribution in [0.15, 0.2) is 18.2 Å². The highest BCUT2D eigenvalue weighted by Crippen LogP contribution is 2.22. The van der Waals surface area contributed by atoms with Gasteiger partial charge in [0.05, 0.1) is 0 Å². The predicted octanol–water partition coefficient (Wildman–Crippen LogP) is 4.00. The molecule has 1 atom stereocenters. The zero-order valence-electron chi connectivity index (χ0n) is 13.9. The zero-order chi connectivity index (χ0) is 16.8. The topological polar surface area (TPSA) is 32.3 Å². The van der Waals surface area contributed by atoms with Crippen molar-refractivity contribution in [3.05, 3.63) is 34.6 Å². The fourth-order valence-electron chi connectivity index (χ4n) is 3.11. The molecule has 3 nitrogen and oxygen atoms in total. The van der Waals surface area contributed by atoms with E-state index in [9.17, 15) is 9.18 Å². The summed E-state index contributed by atoms with van der Waals surface area (Å²) < 4.78 is 13.9. The molecule has 0 saturated carbocycles. The molecule has 1 heterocycles. The molecule has 1 aromatic rings. The molecule has 5 heteroatoms. The van der Waals surface area contributed by atoms with Crippen molar-refractivity contribution in [3.8, 4) is 0 Å². The lowest BCUT2D eigenvalue weighted by atomic mass is 9.95. The number of piperidine rings is 1. The minimum Gasteiger partial charge on any atom is -0.353 e. The minimum absolute atomic E-state index is 0.0839. The second-order valence-electron chi connectivity index (χ2n) is 6.48. The van der Waals surface area contributed by atoms with Crippen LogP contribution in [0, 0.1) is 11.7 Å². The van der Waals surface area contributed by atoms with Gasteiger partial charge in [0.2, 0.25) is 5.91 Å². The molecule has 0 spiro atoms. The largest absolute Gasteiger partial charge is 0.353 e. The highest BCUT2D eigenvalue weighted by atomic mass is 35.5. The van der Waals surface area contributed by atoms with Gasteiger partial charge in [0, 0.05) is 29.1 Å². The summed E-state index contributed by atoms with van der Waals surface area (Å²) in [5, 5.41) is 3.52. The smallest absolute Gasteiger partial charge is 0.223 e. The van der Waals surface area contributed by atoms with E-state index in [2.05, 4.69) is 24.1 Å². The molecule has 1 amide bonds. The number of amides is 1. The van der Waals surface area contributed by atoms with Crippen LogP contribution in [0.25, 0.3) is 0 Å². The monoisotopic (exact) mass is 340 g/mol. The summed E-state index contributed by atoms with van der Waals surface area (Å²) in [4.78, 5) is 14.4. The number of hydrogen-bond donors (Lipinski definition) is 1. The van der Waals surface area contributed by atoms with E-state index in [1.54, 1.807) is 12.1 Å². The quantitative estimate of drug-likeness (QED) is 0.849. The molecule has 128 valence electrons. The molecule has 1 aliphatic rings. The van der Waals surface area contributed by atoms with Crippen molar-refractivity contribution in [2.24, 2.45) is 5.92 Å². The van der Waals surface area contributed by atoms with E-state index in [1.165, 1.54) is 6.07 Å². The van der Waals surface area contributed by atoms with E-state index in [-0.39, 0.29) is 23.7 Å². The lowest BCUT2D eigenvalue weighted by molar-refractivity contribution is -0.127. The highest BCUT2D eigenvalue weighted by molar-refractivity contribution is 6.30. The van der Waals surface area contributed by atoms with Gasteiger partial charge in [-0.3, -0.25) is 9.69 Å². The van der Waals surface area contributed by atoms with Crippen molar-refractivity contribution in [1.29, 1.82) is 0 Å². The average molecular weight is 341 g/mol. The van der Waals surface area contributed by atoms with Crippen molar-refractivity contribution in [3.63, 3.8) is 0 Å². The molecular weight excluding hydrogens is 315 g/mol. The normalized spacial score (nSPS) is 17.9. The lowest BCUT2D eigenvalue weighted by Gasteiger charge is -2.32. The van der Waals surface area contributed by atoms with Gasteiger partial charge in [-0.2, -0.15) is 0 Å². The Morgan fingerprint density at radius 1 is 1.43 bits per heavy atom. The van der Waals surface area contributed by atoms with Crippen molar-refractivity contribution in [2.75, 3.05) is 13.1 Å². The number of rotatable bonds is 6. The van der Waals surface area contributed by atoms with Gasteiger partial charge in [-0.1, -0.05) is 31.0 Å². The number of nitrogens with zero attached hydrogens (tertiary/aromatic N) is 1. The molecule has 0 aromatic heterocycles. The molecule has 1 fully saturated rings. The van der Waals surface area contributed by atoms with E-state index in [4.69, 9.17) is 11.6 Å². The standard InChI is InChI=1S/C18H26ClFN2O/c1-3-4-13(2)21-18(23)14-7-9-22(10-8-14)12-15-5-6-16(19)11-17(15)20/h5-6,11,13-14H,3-4,7-10,12H2,1-2H3,(H,21,23). The van der Waals surface area contributed by atoms with Crippen LogP contribution in [0.4, 0.5) is 4.39 Å². The van der Waals surface area contributed by atoms with E-state index >= 15 is 0 Å². The molecule has 2 rings (SSSR count). The summed E-state index contributed by atoms with van der Waals surface area (Å²) in [6, 6.07) is 5.05. The van der Waals surface area contributed by atoms with Crippen LogP contribution in [-0.2, 0) is 11.3 Å². The molecule has 1 aromatic carbocycles. The number of carbonyl (C=O) groups is 1. The third-order valence-electron chi connectivity index (χ3n) is 4.48. The first-order valence-corrected chi connectivity index (χ1v) is 8.84. The summed E-state index contributed by atoms with van der Waals surface area (Å²) >= 11 is 5.78. The number of likely N-dealkylation sites (tertiary alicyclic amines) is 1. The molecular formula is C18H26ClFN2O. The number of carbonyl (C=O) groups excluding carboxylic acids is 1. The predicted molar refractivity (Wildman–Crippen MR) is 91.9 cm³/mol. The number of halogens is 2. The number of hydrogen-bond acceptors (Lipinski definition) is 2. The fraction of sp³-hybridized carbons (Fsp3) is 0.611. The Labute approximate surface area is 143 Å². The molecule has 1 N–H and O–H groups in total. The van der Waals surface area contributed by atoms with Crippen LogP contribution in [0.2, 0.25) is 5.02 Å². The molecule has 0 bridgehead atoms. The molecule has 1 saturated heterocycles. The first-order chi connectivity index (χ1) is 11.0. The molecule has 0 aliphatic carbocycles. The van der Waals surface area contributed by atoms with Crippen molar-refractivity contribution >= 4 is 17.5 Å². The molecule has 0 radical (unpaired) electrons. The van der Waals surface area contributed by atoms with Gasteiger partial charge in [0.15, 0.2) is 0 Å². The number of benzene rings is 1. The second-order valence-corrected chi connectivity index (χ2v) is 6.92. The van der Waals surface area contributed by atoms with Gasteiger partial charge in [0.1, 0.15) is 5.82 Å². The summed E-state index contributed by atoms with van der Waals surface area (Å²) in [6.45, 7) is 6.39. The van der Waals surface area contributed by atoms with E-state index < -0.39 is 0 Å². The SMILES string of the molecule is CCCC(C)NC(=O)C1CCN(Cc2ccc(Cl)cc2F)CC1. The van der Waals surface area contributed by atoms with Crippen LogP contribution >= 0.6 is 11.6 Å². The van der Waals surface area contributed by atoms with E-state index in [1.807, 2.05) is 0 Å². The minimum atomic E-state index is -0.259. The summed E-state index contributed by atoms with van der Waals surface area (Å²) in [5.41, 5.74) is 0.661. The van der Waals surface area contributed by atoms with Crippen molar-refractivity contribution in [1.82, 2.24) is 10.2 Å². The lowest BCUT2D eigenvalue weighted by Crippen LogP contribution is -2.42. The highest BCUT2D eigenvalue weighted by Gasteiger charge is 2.26. The second kappa shape index (κ2) is 8.65. The Hall–Kier alpha value is -1.13. The fourth-order valence-corrected chi connectivity index (χ4v) is 3.27. The molecule has 1 aliphatic heterocycles. The van der Waals surface area contributed by atoms with Crippen LogP contribution in [-0.4, -0.2) is 29.9 Å². The molecule has 1 unspecified atom stereocenters. The number of nitrogens with one attached hydrogen (secondary N) is 1. The Kier molecular flexibility index (Phi) is 6.85. The van der Waals surface area contributed by atoms with Gasteiger partial charge in [0.25, 0.3) is 0 Å². The Bertz CT molecular complexity index is 530. The van der Waals surface area contributed by atoms with E-state index in [0.717, 1.165) is 38.8 Å². The van der Waals surface area contributed by atoms with Crippen LogP contribution in [0.3, 0.4) is 0 Å². The third-order valence-corrected chi connectivity index (χ3v) is 4.71. The first kappa shape index (κ1) is 18.2. The van der Waals surface area contributed by atoms with Crippen LogP contribution < -0.4 is 5.32 Å². The maximum Gasteiger partial charge on any atom is 0.223 e. The summed E-state index contributed by atoms with van der Waals surface area (Å²) in [7, 11) is 0. The van der Waals surface area contributed by atoms with Crippen molar-refractivity contribution in [2.45, 2.75) is 52.1 Å².